The average molecular weight is 244 g/mol. The van der Waals surface area contributed by atoms with Crippen LogP contribution in [0, 0.1) is 0 Å². The minimum absolute atomic E-state index is 0.473. The van der Waals surface area contributed by atoms with Crippen molar-refractivity contribution in [3.8, 4) is 16.9 Å². The maximum absolute atomic E-state index is 5.90. The maximum atomic E-state index is 5.90. The predicted molar refractivity (Wildman–Crippen MR) is 69.5 cm³/mol. The summed E-state index contributed by atoms with van der Waals surface area (Å²) >= 11 is 0. The number of nitrogen functional groups attached to an aromatic ring is 1. The molecule has 0 spiro atoms. The molecular weight excluding hydrogens is 228 g/mol. The molecule has 18 heavy (non-hydrogen) atoms. The Bertz CT molecular complexity index is 541. The molecule has 1 saturated carbocycles. The molecule has 1 aliphatic rings. The molecule has 0 bridgehead atoms. The van der Waals surface area contributed by atoms with Crippen LogP contribution in [0.3, 0.4) is 0 Å². The molecule has 2 N–H and O–H groups in total. The van der Waals surface area contributed by atoms with Crippen LogP contribution in [-0.2, 0) is 0 Å². The van der Waals surface area contributed by atoms with Crippen LogP contribution in [-0.4, -0.2) is 11.8 Å². The molecule has 2 aromatic rings. The molecule has 4 heteroatoms. The third-order valence-corrected chi connectivity index (χ3v) is 3.15. The topological polar surface area (TPSA) is 61.3 Å². The minimum atomic E-state index is 0.473. The Labute approximate surface area is 106 Å². The lowest BCUT2D eigenvalue weighted by Crippen LogP contribution is -1.92. The number of rotatable bonds is 4. The van der Waals surface area contributed by atoms with Crippen molar-refractivity contribution in [2.75, 3.05) is 12.3 Å². The highest BCUT2D eigenvalue weighted by molar-refractivity contribution is 5.76. The standard InChI is InChI=1S/C14H16N2O2/c1-2-17-11-7-5-9(6-8-11)12-13(10-3-4-10)18-16-14(12)15/h5-8,10H,2-4H2,1H3,(H2,15,16). The summed E-state index contributed by atoms with van der Waals surface area (Å²) in [6.07, 6.45) is 2.33. The second kappa shape index (κ2) is 4.37. The van der Waals surface area contributed by atoms with Crippen molar-refractivity contribution >= 4 is 5.82 Å². The monoisotopic (exact) mass is 244 g/mol. The summed E-state index contributed by atoms with van der Waals surface area (Å²) in [5.41, 5.74) is 7.89. The van der Waals surface area contributed by atoms with Crippen molar-refractivity contribution in [3.05, 3.63) is 30.0 Å². The lowest BCUT2D eigenvalue weighted by Gasteiger charge is -2.05. The van der Waals surface area contributed by atoms with E-state index in [1.165, 1.54) is 12.8 Å². The van der Waals surface area contributed by atoms with Crippen LogP contribution in [0.25, 0.3) is 11.1 Å². The molecule has 4 nitrogen and oxygen atoms in total. The first-order valence-corrected chi connectivity index (χ1v) is 6.28. The fourth-order valence-electron chi connectivity index (χ4n) is 2.11. The summed E-state index contributed by atoms with van der Waals surface area (Å²) in [5.74, 6) is 2.76. The number of anilines is 1. The number of aromatic nitrogens is 1. The van der Waals surface area contributed by atoms with Crippen molar-refractivity contribution < 1.29 is 9.26 Å². The van der Waals surface area contributed by atoms with E-state index in [2.05, 4.69) is 5.16 Å². The zero-order valence-corrected chi connectivity index (χ0v) is 10.3. The van der Waals surface area contributed by atoms with E-state index in [0.717, 1.165) is 22.6 Å². The molecule has 0 unspecified atom stereocenters. The Morgan fingerprint density at radius 1 is 1.33 bits per heavy atom. The van der Waals surface area contributed by atoms with Crippen LogP contribution in [0.4, 0.5) is 5.82 Å². The van der Waals surface area contributed by atoms with E-state index < -0.39 is 0 Å². The van der Waals surface area contributed by atoms with Crippen molar-refractivity contribution in [1.29, 1.82) is 0 Å². The predicted octanol–water partition coefficient (Wildman–Crippen LogP) is 3.20. The van der Waals surface area contributed by atoms with Gasteiger partial charge in [-0.05, 0) is 37.5 Å². The van der Waals surface area contributed by atoms with Gasteiger partial charge in [0.2, 0.25) is 0 Å². The van der Waals surface area contributed by atoms with Crippen LogP contribution in [0.15, 0.2) is 28.8 Å². The Hall–Kier alpha value is -1.97. The van der Waals surface area contributed by atoms with Gasteiger partial charge in [0, 0.05) is 5.92 Å². The SMILES string of the molecule is CCOc1ccc(-c2c(N)noc2C2CC2)cc1. The first kappa shape index (κ1) is 11.1. The molecule has 1 aromatic heterocycles. The summed E-state index contributed by atoms with van der Waals surface area (Å²) in [7, 11) is 0. The molecule has 0 saturated heterocycles. The molecule has 0 aliphatic heterocycles. The van der Waals surface area contributed by atoms with Crippen molar-refractivity contribution in [2.45, 2.75) is 25.7 Å². The zero-order chi connectivity index (χ0) is 12.5. The minimum Gasteiger partial charge on any atom is -0.494 e. The summed E-state index contributed by atoms with van der Waals surface area (Å²) in [4.78, 5) is 0. The summed E-state index contributed by atoms with van der Waals surface area (Å²) < 4.78 is 10.8. The molecule has 3 rings (SSSR count). The number of nitrogens with two attached hydrogens (primary N) is 1. The van der Waals surface area contributed by atoms with E-state index >= 15 is 0 Å². The van der Waals surface area contributed by atoms with E-state index in [9.17, 15) is 0 Å². The van der Waals surface area contributed by atoms with E-state index in [1.54, 1.807) is 0 Å². The third-order valence-electron chi connectivity index (χ3n) is 3.15. The molecule has 1 aliphatic carbocycles. The molecule has 94 valence electrons. The number of hydrogen-bond donors (Lipinski definition) is 1. The van der Waals surface area contributed by atoms with Gasteiger partial charge in [-0.15, -0.1) is 0 Å². The Morgan fingerprint density at radius 2 is 2.06 bits per heavy atom. The van der Waals surface area contributed by atoms with Crippen LogP contribution >= 0.6 is 0 Å². The number of nitrogens with zero attached hydrogens (tertiary/aromatic N) is 1. The molecule has 1 fully saturated rings. The number of hydrogen-bond acceptors (Lipinski definition) is 4. The molecule has 1 heterocycles. The van der Waals surface area contributed by atoms with Crippen molar-refractivity contribution in [3.63, 3.8) is 0 Å². The first-order chi connectivity index (χ1) is 8.79. The number of benzene rings is 1. The summed E-state index contributed by atoms with van der Waals surface area (Å²) in [6.45, 7) is 2.64. The molecular formula is C14H16N2O2. The highest BCUT2D eigenvalue weighted by Crippen LogP contribution is 2.46. The van der Waals surface area contributed by atoms with Gasteiger partial charge in [-0.2, -0.15) is 0 Å². The zero-order valence-electron chi connectivity index (χ0n) is 10.3. The van der Waals surface area contributed by atoms with Gasteiger partial charge in [-0.1, -0.05) is 17.3 Å². The lowest BCUT2D eigenvalue weighted by atomic mass is 10.0. The van der Waals surface area contributed by atoms with Crippen LogP contribution in [0.1, 0.15) is 31.4 Å². The average Bonchev–Trinajstić information content (AvgIpc) is 3.15. The molecule has 0 atom stereocenters. The Balaban J connectivity index is 1.96. The van der Waals surface area contributed by atoms with Gasteiger partial charge < -0.3 is 15.0 Å². The highest BCUT2D eigenvalue weighted by Gasteiger charge is 2.32. The fourth-order valence-corrected chi connectivity index (χ4v) is 2.11. The van der Waals surface area contributed by atoms with Gasteiger partial charge in [0.25, 0.3) is 0 Å². The second-order valence-corrected chi connectivity index (χ2v) is 4.54. The molecule has 0 amide bonds. The Morgan fingerprint density at radius 3 is 2.67 bits per heavy atom. The van der Waals surface area contributed by atoms with E-state index in [0.29, 0.717) is 18.3 Å². The largest absolute Gasteiger partial charge is 0.494 e. The van der Waals surface area contributed by atoms with Gasteiger partial charge >= 0.3 is 0 Å². The van der Waals surface area contributed by atoms with E-state index in [1.807, 2.05) is 31.2 Å². The summed E-state index contributed by atoms with van der Waals surface area (Å²) in [6, 6.07) is 7.89. The molecule has 0 radical (unpaired) electrons. The molecule has 1 aromatic carbocycles. The maximum Gasteiger partial charge on any atom is 0.175 e. The quantitative estimate of drug-likeness (QED) is 0.897. The van der Waals surface area contributed by atoms with Gasteiger partial charge in [0.05, 0.1) is 12.2 Å². The smallest absolute Gasteiger partial charge is 0.175 e. The van der Waals surface area contributed by atoms with Crippen molar-refractivity contribution in [2.24, 2.45) is 0 Å². The second-order valence-electron chi connectivity index (χ2n) is 4.54. The lowest BCUT2D eigenvalue weighted by molar-refractivity contribution is 0.340. The van der Waals surface area contributed by atoms with E-state index in [4.69, 9.17) is 15.0 Å². The highest BCUT2D eigenvalue weighted by atomic mass is 16.5. The van der Waals surface area contributed by atoms with Crippen LogP contribution in [0.5, 0.6) is 5.75 Å². The third kappa shape index (κ3) is 1.94. The van der Waals surface area contributed by atoms with Crippen LogP contribution < -0.4 is 10.5 Å². The van der Waals surface area contributed by atoms with Gasteiger partial charge in [0.15, 0.2) is 5.82 Å². The van der Waals surface area contributed by atoms with Gasteiger partial charge in [0.1, 0.15) is 11.5 Å². The van der Waals surface area contributed by atoms with Crippen molar-refractivity contribution in [1.82, 2.24) is 5.16 Å². The van der Waals surface area contributed by atoms with Crippen LogP contribution in [0.2, 0.25) is 0 Å². The van der Waals surface area contributed by atoms with E-state index in [-0.39, 0.29) is 0 Å². The fraction of sp³-hybridized carbons (Fsp3) is 0.357. The van der Waals surface area contributed by atoms with Gasteiger partial charge in [-0.25, -0.2) is 0 Å². The number of ether oxygens (including phenoxy) is 1. The van der Waals surface area contributed by atoms with Gasteiger partial charge in [-0.3, -0.25) is 0 Å². The first-order valence-electron chi connectivity index (χ1n) is 6.28. The normalized spacial score (nSPS) is 14.7. The Kier molecular flexibility index (Phi) is 2.70. The summed E-state index contributed by atoms with van der Waals surface area (Å²) in [5, 5.41) is 3.88.